The number of carbonyl (C=O) groups excluding carboxylic acids is 1. The molecule has 0 radical (unpaired) electrons. The minimum atomic E-state index is -0.366. The number of nitrogens with one attached hydrogen (secondary N) is 2. The number of hydrogen-bond acceptors (Lipinski definition) is 3. The summed E-state index contributed by atoms with van der Waals surface area (Å²) in [5.41, 5.74) is 3.09. The molecule has 98 valence electrons. The molecule has 0 aromatic heterocycles. The van der Waals surface area contributed by atoms with Crippen LogP contribution in [0, 0.1) is 0 Å². The van der Waals surface area contributed by atoms with Crippen molar-refractivity contribution >= 4 is 11.7 Å². The third-order valence-corrected chi connectivity index (χ3v) is 2.95. The monoisotopic (exact) mass is 250 g/mol. The molecule has 1 saturated carbocycles. The van der Waals surface area contributed by atoms with Crippen LogP contribution < -0.4 is 15.5 Å². The van der Waals surface area contributed by atoms with Crippen LogP contribution in [0.4, 0.5) is 10.5 Å². The van der Waals surface area contributed by atoms with Gasteiger partial charge < -0.3 is 10.1 Å². The van der Waals surface area contributed by atoms with Crippen molar-refractivity contribution in [1.82, 2.24) is 5.48 Å². The number of anilines is 1. The average Bonchev–Trinajstić information content (AvgIpc) is 2.90. The first-order valence-corrected chi connectivity index (χ1v) is 6.14. The van der Waals surface area contributed by atoms with Crippen molar-refractivity contribution in [1.29, 1.82) is 0 Å². The minimum Gasteiger partial charge on any atom is -0.497 e. The lowest BCUT2D eigenvalue weighted by atomic mass is 10.3. The molecule has 2 rings (SSSR count). The Bertz CT molecular complexity index is 403. The van der Waals surface area contributed by atoms with Crippen LogP contribution in [-0.2, 0) is 4.84 Å². The first-order chi connectivity index (χ1) is 8.78. The molecule has 1 fully saturated rings. The third kappa shape index (κ3) is 3.63. The van der Waals surface area contributed by atoms with Gasteiger partial charge in [-0.1, -0.05) is 18.9 Å². The Morgan fingerprint density at radius 2 is 2.11 bits per heavy atom. The zero-order valence-electron chi connectivity index (χ0n) is 10.4. The van der Waals surface area contributed by atoms with Gasteiger partial charge >= 0.3 is 6.03 Å². The van der Waals surface area contributed by atoms with E-state index >= 15 is 0 Å². The average molecular weight is 250 g/mol. The Morgan fingerprint density at radius 3 is 2.83 bits per heavy atom. The molecule has 0 unspecified atom stereocenters. The third-order valence-electron chi connectivity index (χ3n) is 2.95. The highest BCUT2D eigenvalue weighted by Crippen LogP contribution is 2.20. The maximum Gasteiger partial charge on any atom is 0.343 e. The summed E-state index contributed by atoms with van der Waals surface area (Å²) in [6.45, 7) is 0. The van der Waals surface area contributed by atoms with Gasteiger partial charge in [0.1, 0.15) is 5.75 Å². The van der Waals surface area contributed by atoms with Crippen molar-refractivity contribution in [2.45, 2.75) is 31.8 Å². The van der Waals surface area contributed by atoms with Crippen molar-refractivity contribution in [3.63, 3.8) is 0 Å². The first kappa shape index (κ1) is 12.7. The van der Waals surface area contributed by atoms with Gasteiger partial charge in [0.25, 0.3) is 0 Å². The van der Waals surface area contributed by atoms with E-state index in [0.29, 0.717) is 11.4 Å². The summed E-state index contributed by atoms with van der Waals surface area (Å²) in [6, 6.07) is 6.80. The Labute approximate surface area is 106 Å². The van der Waals surface area contributed by atoms with Gasteiger partial charge in [0.2, 0.25) is 0 Å². The maximum absolute atomic E-state index is 11.6. The van der Waals surface area contributed by atoms with Crippen LogP contribution >= 0.6 is 0 Å². The predicted octanol–water partition coefficient (Wildman–Crippen LogP) is 2.69. The van der Waals surface area contributed by atoms with Crippen molar-refractivity contribution in [2.75, 3.05) is 12.4 Å². The van der Waals surface area contributed by atoms with Crippen LogP contribution in [0.5, 0.6) is 5.75 Å². The normalized spacial score (nSPS) is 15.4. The number of amides is 2. The zero-order valence-corrected chi connectivity index (χ0v) is 10.4. The predicted molar refractivity (Wildman–Crippen MR) is 68.5 cm³/mol. The van der Waals surface area contributed by atoms with Crippen LogP contribution in [-0.4, -0.2) is 19.2 Å². The van der Waals surface area contributed by atoms with E-state index in [-0.39, 0.29) is 12.1 Å². The Hall–Kier alpha value is -1.75. The van der Waals surface area contributed by atoms with Crippen LogP contribution in [0.3, 0.4) is 0 Å². The van der Waals surface area contributed by atoms with Gasteiger partial charge in [-0.2, -0.15) is 0 Å². The fourth-order valence-electron chi connectivity index (χ4n) is 2.00. The molecular weight excluding hydrogens is 232 g/mol. The Kier molecular flexibility index (Phi) is 4.41. The van der Waals surface area contributed by atoms with Crippen LogP contribution in [0.2, 0.25) is 0 Å². The van der Waals surface area contributed by atoms with Gasteiger partial charge in [0, 0.05) is 11.8 Å². The lowest BCUT2D eigenvalue weighted by molar-refractivity contribution is 0.00336. The molecule has 18 heavy (non-hydrogen) atoms. The van der Waals surface area contributed by atoms with E-state index in [0.717, 1.165) is 12.8 Å². The highest BCUT2D eigenvalue weighted by atomic mass is 16.7. The van der Waals surface area contributed by atoms with Gasteiger partial charge in [0.15, 0.2) is 0 Å². The highest BCUT2D eigenvalue weighted by molar-refractivity contribution is 5.88. The summed E-state index contributed by atoms with van der Waals surface area (Å²) in [5, 5.41) is 2.69. The maximum atomic E-state index is 11.6. The van der Waals surface area contributed by atoms with Crippen molar-refractivity contribution in [2.24, 2.45) is 0 Å². The summed E-state index contributed by atoms with van der Waals surface area (Å²) in [5.74, 6) is 0.699. The molecule has 1 aromatic carbocycles. The van der Waals surface area contributed by atoms with Gasteiger partial charge in [-0.25, -0.2) is 10.3 Å². The van der Waals surface area contributed by atoms with Crippen molar-refractivity contribution in [3.05, 3.63) is 24.3 Å². The van der Waals surface area contributed by atoms with Crippen LogP contribution in [0.25, 0.3) is 0 Å². The molecule has 0 heterocycles. The van der Waals surface area contributed by atoms with Gasteiger partial charge in [0.05, 0.1) is 13.2 Å². The quantitative estimate of drug-likeness (QED) is 0.808. The first-order valence-electron chi connectivity index (χ1n) is 6.14. The number of benzene rings is 1. The number of urea groups is 1. The summed E-state index contributed by atoms with van der Waals surface area (Å²) >= 11 is 0. The molecular formula is C13H18N2O3. The van der Waals surface area contributed by atoms with Gasteiger partial charge in [-0.3, -0.25) is 4.84 Å². The molecule has 0 saturated heterocycles. The van der Waals surface area contributed by atoms with E-state index in [1.807, 2.05) is 12.1 Å². The second-order valence-electron chi connectivity index (χ2n) is 4.31. The summed E-state index contributed by atoms with van der Waals surface area (Å²) in [7, 11) is 1.59. The standard InChI is InChI=1S/C13H18N2O3/c1-17-12-8-4-5-10(9-12)14-13(16)15-18-11-6-2-3-7-11/h4-5,8-9,11H,2-3,6-7H2,1H3,(H2,14,15,16). The van der Waals surface area contributed by atoms with E-state index in [9.17, 15) is 4.79 Å². The zero-order chi connectivity index (χ0) is 12.8. The number of carbonyl (C=O) groups is 1. The van der Waals surface area contributed by atoms with Gasteiger partial charge in [-0.05, 0) is 25.0 Å². The number of ether oxygens (including phenoxy) is 1. The number of hydroxylamine groups is 1. The Morgan fingerprint density at radius 1 is 1.33 bits per heavy atom. The molecule has 0 atom stereocenters. The van der Waals surface area contributed by atoms with E-state index < -0.39 is 0 Å². The molecule has 2 N–H and O–H groups in total. The SMILES string of the molecule is COc1cccc(NC(=O)NOC2CCCC2)c1. The minimum absolute atomic E-state index is 0.154. The fraction of sp³-hybridized carbons (Fsp3) is 0.462. The number of rotatable bonds is 4. The van der Waals surface area contributed by atoms with Crippen LogP contribution in [0.1, 0.15) is 25.7 Å². The highest BCUT2D eigenvalue weighted by Gasteiger charge is 2.16. The largest absolute Gasteiger partial charge is 0.497 e. The summed E-state index contributed by atoms with van der Waals surface area (Å²) in [4.78, 5) is 16.9. The van der Waals surface area contributed by atoms with E-state index in [1.54, 1.807) is 19.2 Å². The molecule has 1 aliphatic carbocycles. The van der Waals surface area contributed by atoms with Gasteiger partial charge in [-0.15, -0.1) is 0 Å². The topological polar surface area (TPSA) is 59.6 Å². The second kappa shape index (κ2) is 6.26. The molecule has 0 aliphatic heterocycles. The van der Waals surface area contributed by atoms with Crippen LogP contribution in [0.15, 0.2) is 24.3 Å². The lowest BCUT2D eigenvalue weighted by Gasteiger charge is -2.12. The number of methoxy groups -OCH3 is 1. The summed E-state index contributed by atoms with van der Waals surface area (Å²) in [6.07, 6.45) is 4.52. The lowest BCUT2D eigenvalue weighted by Crippen LogP contribution is -2.32. The van der Waals surface area contributed by atoms with Crippen molar-refractivity contribution in [3.8, 4) is 5.75 Å². The van der Waals surface area contributed by atoms with Crippen molar-refractivity contribution < 1.29 is 14.4 Å². The molecule has 5 heteroatoms. The summed E-state index contributed by atoms with van der Waals surface area (Å²) < 4.78 is 5.07. The smallest absolute Gasteiger partial charge is 0.343 e. The van der Waals surface area contributed by atoms with E-state index in [2.05, 4.69) is 10.8 Å². The molecule has 1 aromatic rings. The second-order valence-corrected chi connectivity index (χ2v) is 4.31. The molecule has 0 spiro atoms. The van der Waals surface area contributed by atoms with E-state index in [1.165, 1.54) is 12.8 Å². The molecule has 0 bridgehead atoms. The molecule has 2 amide bonds. The Balaban J connectivity index is 1.78. The fourth-order valence-corrected chi connectivity index (χ4v) is 2.00. The van der Waals surface area contributed by atoms with E-state index in [4.69, 9.17) is 9.57 Å². The molecule has 1 aliphatic rings. The molecule has 5 nitrogen and oxygen atoms in total. The number of hydrogen-bond donors (Lipinski definition) is 2.